The van der Waals surface area contributed by atoms with Gasteiger partial charge >= 0.3 is 0 Å². The fourth-order valence-electron chi connectivity index (χ4n) is 1.82. The van der Waals surface area contributed by atoms with Gasteiger partial charge in [0.15, 0.2) is 0 Å². The number of ether oxygens (including phenoxy) is 1. The van der Waals surface area contributed by atoms with Crippen molar-refractivity contribution in [3.05, 3.63) is 65.2 Å². The van der Waals surface area contributed by atoms with E-state index in [9.17, 15) is 13.6 Å². The van der Waals surface area contributed by atoms with Crippen LogP contribution >= 0.6 is 0 Å². The second-order valence-electron chi connectivity index (χ2n) is 4.38. The lowest BCUT2D eigenvalue weighted by atomic mass is 10.1. The predicted molar refractivity (Wildman–Crippen MR) is 75.1 cm³/mol. The van der Waals surface area contributed by atoms with Gasteiger partial charge in [-0.2, -0.15) is 0 Å². The van der Waals surface area contributed by atoms with Crippen LogP contribution in [0.2, 0.25) is 0 Å². The maximum Gasteiger partial charge on any atom is 0.254 e. The van der Waals surface area contributed by atoms with E-state index in [1.54, 1.807) is 12.1 Å². The lowest BCUT2D eigenvalue weighted by molar-refractivity contribution is 0.0947. The molecular formula is C16H15F2NO2. The Bertz CT molecular complexity index is 627. The van der Waals surface area contributed by atoms with Gasteiger partial charge in [0, 0.05) is 12.6 Å². The second kappa shape index (κ2) is 6.83. The molecule has 2 rings (SSSR count). The second-order valence-corrected chi connectivity index (χ2v) is 4.38. The van der Waals surface area contributed by atoms with Gasteiger partial charge in [-0.25, -0.2) is 8.78 Å². The Morgan fingerprint density at radius 3 is 2.48 bits per heavy atom. The van der Waals surface area contributed by atoms with Gasteiger partial charge < -0.3 is 10.1 Å². The van der Waals surface area contributed by atoms with Gasteiger partial charge in [-0.15, -0.1) is 0 Å². The van der Waals surface area contributed by atoms with Gasteiger partial charge in [-0.3, -0.25) is 4.79 Å². The zero-order valence-electron chi connectivity index (χ0n) is 11.5. The molecule has 0 aromatic heterocycles. The van der Waals surface area contributed by atoms with Crippen LogP contribution < -0.4 is 10.1 Å². The maximum absolute atomic E-state index is 13.4. The summed E-state index contributed by atoms with van der Waals surface area (Å²) in [5.74, 6) is -1.42. The van der Waals surface area contributed by atoms with E-state index in [2.05, 4.69) is 5.32 Å². The summed E-state index contributed by atoms with van der Waals surface area (Å²) in [5, 5.41) is 2.58. The van der Waals surface area contributed by atoms with Crippen molar-refractivity contribution >= 4 is 5.91 Å². The van der Waals surface area contributed by atoms with E-state index in [0.29, 0.717) is 12.7 Å². The van der Waals surface area contributed by atoms with Crippen LogP contribution in [0.1, 0.15) is 22.8 Å². The smallest absolute Gasteiger partial charge is 0.254 e. The Balaban J connectivity index is 1.97. The molecule has 0 spiro atoms. The minimum Gasteiger partial charge on any atom is -0.494 e. The highest BCUT2D eigenvalue weighted by atomic mass is 19.1. The molecule has 0 aliphatic carbocycles. The first-order chi connectivity index (χ1) is 10.1. The molecule has 0 bridgehead atoms. The lowest BCUT2D eigenvalue weighted by Crippen LogP contribution is -2.23. The number of benzene rings is 2. The molecule has 0 saturated carbocycles. The Labute approximate surface area is 121 Å². The normalized spacial score (nSPS) is 10.2. The highest BCUT2D eigenvalue weighted by molar-refractivity contribution is 5.94. The van der Waals surface area contributed by atoms with Gasteiger partial charge in [0.05, 0.1) is 12.2 Å². The van der Waals surface area contributed by atoms with Crippen LogP contribution in [-0.2, 0) is 6.54 Å². The Morgan fingerprint density at radius 1 is 1.14 bits per heavy atom. The van der Waals surface area contributed by atoms with E-state index in [0.717, 1.165) is 23.4 Å². The van der Waals surface area contributed by atoms with Crippen LogP contribution in [0.15, 0.2) is 42.5 Å². The number of carbonyl (C=O) groups is 1. The molecule has 21 heavy (non-hydrogen) atoms. The summed E-state index contributed by atoms with van der Waals surface area (Å²) in [4.78, 5) is 11.8. The summed E-state index contributed by atoms with van der Waals surface area (Å²) in [6, 6.07) is 10.1. The first-order valence-corrected chi connectivity index (χ1v) is 6.55. The maximum atomic E-state index is 13.4. The number of nitrogens with one attached hydrogen (secondary N) is 1. The summed E-state index contributed by atoms with van der Waals surface area (Å²) in [6.07, 6.45) is 0. The monoisotopic (exact) mass is 291 g/mol. The van der Waals surface area contributed by atoms with Crippen molar-refractivity contribution in [2.45, 2.75) is 13.5 Å². The summed E-state index contributed by atoms with van der Waals surface area (Å²) in [7, 11) is 0. The fraction of sp³-hybridized carbons (Fsp3) is 0.188. The third-order valence-electron chi connectivity index (χ3n) is 2.86. The molecule has 0 aliphatic heterocycles. The van der Waals surface area contributed by atoms with Gasteiger partial charge in [0.1, 0.15) is 17.4 Å². The van der Waals surface area contributed by atoms with Gasteiger partial charge in [-0.05, 0) is 36.8 Å². The van der Waals surface area contributed by atoms with Crippen LogP contribution in [0.25, 0.3) is 0 Å². The van der Waals surface area contributed by atoms with E-state index in [1.807, 2.05) is 19.1 Å². The van der Waals surface area contributed by atoms with E-state index in [4.69, 9.17) is 4.74 Å². The number of carbonyl (C=O) groups excluding carboxylic acids is 1. The van der Waals surface area contributed by atoms with Crippen LogP contribution in [0.4, 0.5) is 8.78 Å². The third-order valence-corrected chi connectivity index (χ3v) is 2.86. The number of rotatable bonds is 5. The SMILES string of the molecule is CCOc1ccc(CNC(=O)c2ccc(F)cc2F)cc1. The molecule has 1 amide bonds. The minimum atomic E-state index is -0.876. The molecule has 0 radical (unpaired) electrons. The number of hydrogen-bond donors (Lipinski definition) is 1. The minimum absolute atomic E-state index is 0.178. The summed E-state index contributed by atoms with van der Waals surface area (Å²) in [5.41, 5.74) is 0.677. The van der Waals surface area contributed by atoms with Gasteiger partial charge in [-0.1, -0.05) is 12.1 Å². The topological polar surface area (TPSA) is 38.3 Å². The summed E-state index contributed by atoms with van der Waals surface area (Å²) >= 11 is 0. The first kappa shape index (κ1) is 15.0. The van der Waals surface area contributed by atoms with Crippen LogP contribution in [-0.4, -0.2) is 12.5 Å². The van der Waals surface area contributed by atoms with Crippen LogP contribution in [0, 0.1) is 11.6 Å². The predicted octanol–water partition coefficient (Wildman–Crippen LogP) is 3.29. The highest BCUT2D eigenvalue weighted by Gasteiger charge is 2.11. The van der Waals surface area contributed by atoms with Gasteiger partial charge in [0.25, 0.3) is 5.91 Å². The molecule has 2 aromatic rings. The molecule has 1 N–H and O–H groups in total. The fourth-order valence-corrected chi connectivity index (χ4v) is 1.82. The lowest BCUT2D eigenvalue weighted by Gasteiger charge is -2.07. The molecule has 0 heterocycles. The number of halogens is 2. The summed E-state index contributed by atoms with van der Waals surface area (Å²) in [6.45, 7) is 2.73. The van der Waals surface area contributed by atoms with Gasteiger partial charge in [0.2, 0.25) is 0 Å². The molecule has 0 fully saturated rings. The Kier molecular flexibility index (Phi) is 4.87. The van der Waals surface area contributed by atoms with Crippen molar-refractivity contribution in [1.29, 1.82) is 0 Å². The van der Waals surface area contributed by atoms with Crippen molar-refractivity contribution < 1.29 is 18.3 Å². The van der Waals surface area contributed by atoms with E-state index in [-0.39, 0.29) is 12.1 Å². The van der Waals surface area contributed by atoms with E-state index >= 15 is 0 Å². The van der Waals surface area contributed by atoms with E-state index < -0.39 is 17.5 Å². The zero-order valence-corrected chi connectivity index (χ0v) is 11.5. The largest absolute Gasteiger partial charge is 0.494 e. The molecule has 0 saturated heterocycles. The Morgan fingerprint density at radius 2 is 1.86 bits per heavy atom. The quantitative estimate of drug-likeness (QED) is 0.918. The molecule has 110 valence electrons. The van der Waals surface area contributed by atoms with Crippen molar-refractivity contribution in [3.8, 4) is 5.75 Å². The number of amides is 1. The van der Waals surface area contributed by atoms with Crippen molar-refractivity contribution in [3.63, 3.8) is 0 Å². The van der Waals surface area contributed by atoms with E-state index in [1.165, 1.54) is 0 Å². The first-order valence-electron chi connectivity index (χ1n) is 6.55. The molecule has 2 aromatic carbocycles. The highest BCUT2D eigenvalue weighted by Crippen LogP contribution is 2.13. The molecule has 5 heteroatoms. The van der Waals surface area contributed by atoms with Crippen LogP contribution in [0.5, 0.6) is 5.75 Å². The average Bonchev–Trinajstić information content (AvgIpc) is 2.46. The third kappa shape index (κ3) is 4.02. The molecule has 0 unspecified atom stereocenters. The van der Waals surface area contributed by atoms with Crippen molar-refractivity contribution in [2.75, 3.05) is 6.61 Å². The number of hydrogen-bond acceptors (Lipinski definition) is 2. The molecule has 3 nitrogen and oxygen atoms in total. The van der Waals surface area contributed by atoms with Crippen LogP contribution in [0.3, 0.4) is 0 Å². The standard InChI is InChI=1S/C16H15F2NO2/c1-2-21-13-6-3-11(4-7-13)10-19-16(20)14-8-5-12(17)9-15(14)18/h3-9H,2,10H2,1H3,(H,19,20). The zero-order chi connectivity index (χ0) is 15.2. The van der Waals surface area contributed by atoms with Crippen molar-refractivity contribution in [1.82, 2.24) is 5.32 Å². The molecule has 0 aliphatic rings. The average molecular weight is 291 g/mol. The molecule has 0 atom stereocenters. The summed E-state index contributed by atoms with van der Waals surface area (Å²) < 4.78 is 31.5. The Hall–Kier alpha value is -2.43. The van der Waals surface area contributed by atoms with Crippen molar-refractivity contribution in [2.24, 2.45) is 0 Å². The molecular weight excluding hydrogens is 276 g/mol.